The van der Waals surface area contributed by atoms with E-state index in [4.69, 9.17) is 27.8 Å². The lowest BCUT2D eigenvalue weighted by Gasteiger charge is -2.32. The predicted molar refractivity (Wildman–Crippen MR) is 97.6 cm³/mol. The third kappa shape index (κ3) is 4.19. The molecule has 1 aromatic heterocycles. The second kappa shape index (κ2) is 7.40. The van der Waals surface area contributed by atoms with Gasteiger partial charge in [-0.2, -0.15) is 13.2 Å². The van der Waals surface area contributed by atoms with Gasteiger partial charge in [0.15, 0.2) is 0 Å². The fraction of sp³-hybridized carbons (Fsp3) is 0.412. The Morgan fingerprint density at radius 1 is 1.22 bits per heavy atom. The molecule has 0 amide bonds. The van der Waals surface area contributed by atoms with Crippen molar-refractivity contribution in [1.82, 2.24) is 9.97 Å². The van der Waals surface area contributed by atoms with E-state index in [1.807, 2.05) is 4.90 Å². The topological polar surface area (TPSA) is 90.3 Å². The minimum absolute atomic E-state index is 0.0317. The van der Waals surface area contributed by atoms with Crippen LogP contribution in [0.3, 0.4) is 0 Å². The third-order valence-electron chi connectivity index (χ3n) is 4.31. The molecule has 1 aliphatic heterocycles. The number of rotatable bonds is 2. The highest BCUT2D eigenvalue weighted by molar-refractivity contribution is 6.31. The largest absolute Gasteiger partial charge is 0.418 e. The maximum absolute atomic E-state index is 13.1. The van der Waals surface area contributed by atoms with E-state index in [-0.39, 0.29) is 17.3 Å². The van der Waals surface area contributed by atoms with Crippen molar-refractivity contribution in [2.45, 2.75) is 25.6 Å². The van der Waals surface area contributed by atoms with E-state index in [9.17, 15) is 13.2 Å². The SMILES string of the molecule is Cc1nc(N)cc(N2CCCOCC2c2cc(N)c(C(F)(F)F)cc2Cl)n1. The first-order chi connectivity index (χ1) is 12.7. The monoisotopic (exact) mass is 401 g/mol. The Morgan fingerprint density at radius 2 is 1.96 bits per heavy atom. The van der Waals surface area contributed by atoms with E-state index in [1.165, 1.54) is 6.07 Å². The normalized spacial score (nSPS) is 18.4. The van der Waals surface area contributed by atoms with Crippen LogP contribution >= 0.6 is 11.6 Å². The first kappa shape index (κ1) is 19.5. The van der Waals surface area contributed by atoms with Gasteiger partial charge in [0.25, 0.3) is 0 Å². The van der Waals surface area contributed by atoms with E-state index in [2.05, 4.69) is 9.97 Å². The van der Waals surface area contributed by atoms with Crippen LogP contribution in [-0.4, -0.2) is 29.7 Å². The molecule has 1 aromatic carbocycles. The first-order valence-electron chi connectivity index (χ1n) is 8.28. The van der Waals surface area contributed by atoms with E-state index in [1.54, 1.807) is 13.0 Å². The highest BCUT2D eigenvalue weighted by Gasteiger charge is 2.35. The van der Waals surface area contributed by atoms with Crippen LogP contribution in [0.15, 0.2) is 18.2 Å². The van der Waals surface area contributed by atoms with E-state index in [0.29, 0.717) is 42.6 Å². The molecule has 0 bridgehead atoms. The highest BCUT2D eigenvalue weighted by Crippen LogP contribution is 2.40. The molecule has 1 aliphatic rings. The summed E-state index contributed by atoms with van der Waals surface area (Å²) < 4.78 is 44.9. The quantitative estimate of drug-likeness (QED) is 0.747. The fourth-order valence-electron chi connectivity index (χ4n) is 3.14. The maximum Gasteiger partial charge on any atom is 0.418 e. The Morgan fingerprint density at radius 3 is 2.63 bits per heavy atom. The molecule has 0 saturated carbocycles. The molecule has 0 spiro atoms. The van der Waals surface area contributed by atoms with Gasteiger partial charge in [-0.1, -0.05) is 11.6 Å². The van der Waals surface area contributed by atoms with E-state index < -0.39 is 17.8 Å². The molecule has 6 nitrogen and oxygen atoms in total. The van der Waals surface area contributed by atoms with Crippen LogP contribution in [0.1, 0.15) is 29.4 Å². The number of aromatic nitrogens is 2. The van der Waals surface area contributed by atoms with Gasteiger partial charge in [-0.3, -0.25) is 0 Å². The molecule has 1 atom stereocenters. The van der Waals surface area contributed by atoms with Crippen LogP contribution in [0.25, 0.3) is 0 Å². The molecule has 1 saturated heterocycles. The van der Waals surface area contributed by atoms with Crippen LogP contribution in [0.4, 0.5) is 30.5 Å². The van der Waals surface area contributed by atoms with Crippen molar-refractivity contribution >= 4 is 28.9 Å². The average molecular weight is 402 g/mol. The second-order valence-electron chi connectivity index (χ2n) is 6.29. The number of halogens is 4. The number of anilines is 3. The number of benzene rings is 1. The smallest absolute Gasteiger partial charge is 0.398 e. The zero-order valence-electron chi connectivity index (χ0n) is 14.6. The molecule has 2 heterocycles. The van der Waals surface area contributed by atoms with Crippen LogP contribution < -0.4 is 16.4 Å². The summed E-state index contributed by atoms with van der Waals surface area (Å²) in [5, 5.41) is -0.0317. The summed E-state index contributed by atoms with van der Waals surface area (Å²) >= 11 is 6.21. The first-order valence-corrected chi connectivity index (χ1v) is 8.66. The molecule has 1 fully saturated rings. The lowest BCUT2D eigenvalue weighted by atomic mass is 10.0. The minimum Gasteiger partial charge on any atom is -0.398 e. The van der Waals surface area contributed by atoms with Gasteiger partial charge in [0.05, 0.1) is 18.2 Å². The Hall–Kier alpha value is -2.26. The molecule has 10 heteroatoms. The molecule has 2 aromatic rings. The van der Waals surface area contributed by atoms with Crippen molar-refractivity contribution in [2.24, 2.45) is 0 Å². The summed E-state index contributed by atoms with van der Waals surface area (Å²) in [6.07, 6.45) is -3.86. The number of ether oxygens (including phenoxy) is 1. The average Bonchev–Trinajstić information content (AvgIpc) is 2.80. The highest BCUT2D eigenvalue weighted by atomic mass is 35.5. The molecular weight excluding hydrogens is 383 g/mol. The Bertz CT molecular complexity index is 826. The Balaban J connectivity index is 2.07. The van der Waals surface area contributed by atoms with Gasteiger partial charge in [0.1, 0.15) is 17.5 Å². The number of nitrogens with two attached hydrogens (primary N) is 2. The van der Waals surface area contributed by atoms with Crippen LogP contribution in [0.2, 0.25) is 5.02 Å². The van der Waals surface area contributed by atoms with Crippen LogP contribution in [0.5, 0.6) is 0 Å². The molecule has 1 unspecified atom stereocenters. The summed E-state index contributed by atoms with van der Waals surface area (Å²) in [4.78, 5) is 10.4. The Kier molecular flexibility index (Phi) is 5.34. The number of hydrogen-bond donors (Lipinski definition) is 2. The minimum atomic E-state index is -4.58. The van der Waals surface area contributed by atoms with E-state index >= 15 is 0 Å². The summed E-state index contributed by atoms with van der Waals surface area (Å²) in [7, 11) is 0. The third-order valence-corrected chi connectivity index (χ3v) is 4.64. The van der Waals surface area contributed by atoms with Gasteiger partial charge in [-0.25, -0.2) is 9.97 Å². The van der Waals surface area contributed by atoms with Crippen LogP contribution in [0, 0.1) is 6.92 Å². The van der Waals surface area contributed by atoms with Gasteiger partial charge < -0.3 is 21.1 Å². The number of nitrogen functional groups attached to an aromatic ring is 2. The number of hydrogen-bond acceptors (Lipinski definition) is 6. The van der Waals surface area contributed by atoms with Crippen molar-refractivity contribution in [2.75, 3.05) is 36.1 Å². The zero-order valence-corrected chi connectivity index (χ0v) is 15.3. The zero-order chi connectivity index (χ0) is 19.8. The molecule has 3 rings (SSSR count). The molecule has 146 valence electrons. The van der Waals surface area contributed by atoms with Crippen LogP contribution in [-0.2, 0) is 10.9 Å². The van der Waals surface area contributed by atoms with Gasteiger partial charge in [0.2, 0.25) is 0 Å². The van der Waals surface area contributed by atoms with Crippen molar-refractivity contribution < 1.29 is 17.9 Å². The van der Waals surface area contributed by atoms with Crippen molar-refractivity contribution in [3.05, 3.63) is 40.2 Å². The summed E-state index contributed by atoms with van der Waals surface area (Å²) in [5.41, 5.74) is 10.6. The molecule has 27 heavy (non-hydrogen) atoms. The van der Waals surface area contributed by atoms with Crippen molar-refractivity contribution in [1.29, 1.82) is 0 Å². The predicted octanol–water partition coefficient (Wildman–Crippen LogP) is 3.59. The molecular formula is C17H19ClF3N5O. The molecule has 0 aliphatic carbocycles. The van der Waals surface area contributed by atoms with Gasteiger partial charge in [0, 0.05) is 29.9 Å². The second-order valence-corrected chi connectivity index (χ2v) is 6.70. The Labute approximate surface area is 159 Å². The van der Waals surface area contributed by atoms with Gasteiger partial charge >= 0.3 is 6.18 Å². The number of alkyl halides is 3. The van der Waals surface area contributed by atoms with Gasteiger partial charge in [-0.05, 0) is 31.0 Å². The van der Waals surface area contributed by atoms with Gasteiger partial charge in [-0.15, -0.1) is 0 Å². The fourth-order valence-corrected chi connectivity index (χ4v) is 3.43. The molecule has 4 N–H and O–H groups in total. The summed E-state index contributed by atoms with van der Waals surface area (Å²) in [6.45, 7) is 3.03. The number of nitrogens with zero attached hydrogens (tertiary/aromatic N) is 3. The number of aryl methyl sites for hydroxylation is 1. The lowest BCUT2D eigenvalue weighted by Crippen LogP contribution is -2.32. The lowest BCUT2D eigenvalue weighted by molar-refractivity contribution is -0.136. The molecule has 0 radical (unpaired) electrons. The van der Waals surface area contributed by atoms with Crippen molar-refractivity contribution in [3.8, 4) is 0 Å². The standard InChI is InChI=1S/C17H19ClF3N5O/c1-9-24-15(23)7-16(25-9)26-3-2-4-27-8-14(26)10-5-13(22)11(6-12(10)18)17(19,20)21/h5-7,14H,2-4,8,22H2,1H3,(H2,23,24,25). The van der Waals surface area contributed by atoms with E-state index in [0.717, 1.165) is 6.07 Å². The van der Waals surface area contributed by atoms with Crippen molar-refractivity contribution in [3.63, 3.8) is 0 Å². The summed E-state index contributed by atoms with van der Waals surface area (Å²) in [5.74, 6) is 1.36. The maximum atomic E-state index is 13.1. The summed E-state index contributed by atoms with van der Waals surface area (Å²) in [6, 6.07) is 3.27.